The summed E-state index contributed by atoms with van der Waals surface area (Å²) in [5.41, 5.74) is 5.59. The van der Waals surface area contributed by atoms with Gasteiger partial charge in [-0.2, -0.15) is 0 Å². The van der Waals surface area contributed by atoms with E-state index in [2.05, 4.69) is 4.98 Å². The Labute approximate surface area is 63.3 Å². The van der Waals surface area contributed by atoms with Crippen LogP contribution < -0.4 is 5.73 Å². The number of nitrogens with one attached hydrogen (secondary N) is 1. The number of amidine groups is 1. The van der Waals surface area contributed by atoms with Gasteiger partial charge in [-0.1, -0.05) is 11.6 Å². The van der Waals surface area contributed by atoms with Crippen LogP contribution in [0.15, 0.2) is 18.3 Å². The third kappa shape index (κ3) is 1.45. The Morgan fingerprint density at radius 3 is 2.70 bits per heavy atom. The average Bonchev–Trinajstić information content (AvgIpc) is 1.88. The van der Waals surface area contributed by atoms with Crippen LogP contribution in [0.1, 0.15) is 5.69 Å². The van der Waals surface area contributed by atoms with Crippen molar-refractivity contribution in [3.8, 4) is 0 Å². The fourth-order valence-corrected chi connectivity index (χ4v) is 0.647. The van der Waals surface area contributed by atoms with Gasteiger partial charge in [0.25, 0.3) is 0 Å². The van der Waals surface area contributed by atoms with Crippen molar-refractivity contribution in [3.63, 3.8) is 0 Å². The standard InChI is InChI=1S/C6H6ClN3/c7-4-1-2-5(6(8)9)10-3-4/h1-3H,(H3,8,9). The van der Waals surface area contributed by atoms with E-state index in [4.69, 9.17) is 22.7 Å². The second-order valence-corrected chi connectivity index (χ2v) is 2.21. The van der Waals surface area contributed by atoms with Crippen LogP contribution in [0.25, 0.3) is 0 Å². The third-order valence-electron chi connectivity index (χ3n) is 1.00. The summed E-state index contributed by atoms with van der Waals surface area (Å²) in [6.07, 6.45) is 1.46. The number of rotatable bonds is 1. The highest BCUT2D eigenvalue weighted by atomic mass is 35.5. The van der Waals surface area contributed by atoms with Crippen molar-refractivity contribution in [1.82, 2.24) is 4.98 Å². The molecule has 1 rings (SSSR count). The van der Waals surface area contributed by atoms with Crippen LogP contribution in [0.2, 0.25) is 5.02 Å². The number of aromatic nitrogens is 1. The van der Waals surface area contributed by atoms with Crippen molar-refractivity contribution in [3.05, 3.63) is 29.0 Å². The molecule has 0 fully saturated rings. The minimum atomic E-state index is -0.0448. The van der Waals surface area contributed by atoms with Gasteiger partial charge in [-0.05, 0) is 12.1 Å². The van der Waals surface area contributed by atoms with Gasteiger partial charge in [0.2, 0.25) is 0 Å². The van der Waals surface area contributed by atoms with Crippen LogP contribution >= 0.6 is 11.6 Å². The Hall–Kier alpha value is -1.09. The number of halogens is 1. The van der Waals surface area contributed by atoms with Gasteiger partial charge in [-0.25, -0.2) is 0 Å². The fourth-order valence-electron chi connectivity index (χ4n) is 0.535. The molecule has 0 saturated heterocycles. The summed E-state index contributed by atoms with van der Waals surface area (Å²) in [4.78, 5) is 3.80. The maximum atomic E-state index is 6.98. The monoisotopic (exact) mass is 155 g/mol. The van der Waals surface area contributed by atoms with E-state index in [1.807, 2.05) is 0 Å². The smallest absolute Gasteiger partial charge is 0.141 e. The van der Waals surface area contributed by atoms with E-state index >= 15 is 0 Å². The molecule has 0 aliphatic carbocycles. The molecule has 3 N–H and O–H groups in total. The van der Waals surface area contributed by atoms with E-state index in [9.17, 15) is 0 Å². The molecule has 3 nitrogen and oxygen atoms in total. The topological polar surface area (TPSA) is 62.8 Å². The van der Waals surface area contributed by atoms with Crippen molar-refractivity contribution in [1.29, 1.82) is 5.41 Å². The van der Waals surface area contributed by atoms with Gasteiger partial charge in [-0.15, -0.1) is 0 Å². The summed E-state index contributed by atoms with van der Waals surface area (Å²) in [5.74, 6) is -0.0448. The molecule has 0 spiro atoms. The molecule has 0 atom stereocenters. The van der Waals surface area contributed by atoms with Crippen molar-refractivity contribution in [2.24, 2.45) is 5.73 Å². The maximum absolute atomic E-state index is 6.98. The summed E-state index contributed by atoms with van der Waals surface area (Å²) >= 11 is 5.54. The second kappa shape index (κ2) is 2.66. The van der Waals surface area contributed by atoms with Crippen LogP contribution in [0.4, 0.5) is 0 Å². The molecular weight excluding hydrogens is 150 g/mol. The quantitative estimate of drug-likeness (QED) is 0.470. The van der Waals surface area contributed by atoms with E-state index in [0.29, 0.717) is 10.7 Å². The van der Waals surface area contributed by atoms with Gasteiger partial charge >= 0.3 is 0 Å². The molecular formula is C6H6ClN3. The maximum Gasteiger partial charge on any atom is 0.141 e. The van der Waals surface area contributed by atoms with E-state index in [1.165, 1.54) is 6.20 Å². The van der Waals surface area contributed by atoms with Crippen molar-refractivity contribution in [2.75, 3.05) is 0 Å². The van der Waals surface area contributed by atoms with E-state index in [0.717, 1.165) is 0 Å². The number of hydrogen-bond acceptors (Lipinski definition) is 2. The molecule has 1 aromatic rings. The number of nitrogens with zero attached hydrogens (tertiary/aromatic N) is 1. The lowest BCUT2D eigenvalue weighted by Gasteiger charge is -1.94. The molecule has 1 aromatic heterocycles. The SMILES string of the molecule is N=C(N)c1ccc(Cl)cn1. The zero-order valence-corrected chi connectivity index (χ0v) is 5.89. The van der Waals surface area contributed by atoms with Crippen LogP contribution in [0, 0.1) is 5.41 Å². The Balaban J connectivity index is 3.00. The van der Waals surface area contributed by atoms with Gasteiger partial charge in [0.15, 0.2) is 0 Å². The zero-order chi connectivity index (χ0) is 7.56. The number of pyridine rings is 1. The molecule has 1 heterocycles. The van der Waals surface area contributed by atoms with Crippen molar-refractivity contribution >= 4 is 17.4 Å². The Morgan fingerprint density at radius 1 is 1.60 bits per heavy atom. The Bertz CT molecular complexity index is 242. The van der Waals surface area contributed by atoms with Crippen molar-refractivity contribution < 1.29 is 0 Å². The highest BCUT2D eigenvalue weighted by Crippen LogP contribution is 2.04. The van der Waals surface area contributed by atoms with Crippen LogP contribution in [0.3, 0.4) is 0 Å². The first-order chi connectivity index (χ1) is 4.70. The zero-order valence-electron chi connectivity index (χ0n) is 5.13. The predicted octanol–water partition coefficient (Wildman–Crippen LogP) is 1.02. The van der Waals surface area contributed by atoms with Crippen LogP contribution in [0.5, 0.6) is 0 Å². The molecule has 0 aromatic carbocycles. The molecule has 0 radical (unpaired) electrons. The summed E-state index contributed by atoms with van der Waals surface area (Å²) in [6.45, 7) is 0. The Morgan fingerprint density at radius 2 is 2.30 bits per heavy atom. The normalized spacial score (nSPS) is 9.30. The highest BCUT2D eigenvalue weighted by Gasteiger charge is 1.94. The van der Waals surface area contributed by atoms with Gasteiger partial charge in [0.1, 0.15) is 11.5 Å². The van der Waals surface area contributed by atoms with Gasteiger partial charge in [0.05, 0.1) is 5.02 Å². The second-order valence-electron chi connectivity index (χ2n) is 1.78. The average molecular weight is 156 g/mol. The molecule has 0 aliphatic heterocycles. The van der Waals surface area contributed by atoms with Gasteiger partial charge in [0, 0.05) is 6.20 Å². The predicted molar refractivity (Wildman–Crippen MR) is 40.3 cm³/mol. The summed E-state index contributed by atoms with van der Waals surface area (Å²) in [7, 11) is 0. The molecule has 0 bridgehead atoms. The van der Waals surface area contributed by atoms with Gasteiger partial charge < -0.3 is 5.73 Å². The largest absolute Gasteiger partial charge is 0.382 e. The third-order valence-corrected chi connectivity index (χ3v) is 1.23. The summed E-state index contributed by atoms with van der Waals surface area (Å²) in [5, 5.41) is 7.52. The van der Waals surface area contributed by atoms with E-state index in [1.54, 1.807) is 12.1 Å². The van der Waals surface area contributed by atoms with E-state index < -0.39 is 0 Å². The number of nitrogens with two attached hydrogens (primary N) is 1. The first-order valence-corrected chi connectivity index (χ1v) is 3.04. The molecule has 0 saturated carbocycles. The van der Waals surface area contributed by atoms with Crippen LogP contribution in [-0.2, 0) is 0 Å². The van der Waals surface area contributed by atoms with Crippen molar-refractivity contribution in [2.45, 2.75) is 0 Å². The lowest BCUT2D eigenvalue weighted by Crippen LogP contribution is -2.12. The lowest BCUT2D eigenvalue weighted by atomic mass is 10.3. The Kier molecular flexibility index (Phi) is 1.87. The van der Waals surface area contributed by atoms with Crippen LogP contribution in [-0.4, -0.2) is 10.8 Å². The fraction of sp³-hybridized carbons (Fsp3) is 0. The summed E-state index contributed by atoms with van der Waals surface area (Å²) < 4.78 is 0. The highest BCUT2D eigenvalue weighted by molar-refractivity contribution is 6.30. The molecule has 52 valence electrons. The minimum Gasteiger partial charge on any atom is -0.382 e. The minimum absolute atomic E-state index is 0.0448. The molecule has 10 heavy (non-hydrogen) atoms. The van der Waals surface area contributed by atoms with E-state index in [-0.39, 0.29) is 5.84 Å². The lowest BCUT2D eigenvalue weighted by molar-refractivity contribution is 1.26. The number of hydrogen-bond donors (Lipinski definition) is 2. The molecule has 0 amide bonds. The molecule has 4 heteroatoms. The number of nitrogen functional groups attached to an aromatic ring is 1. The van der Waals surface area contributed by atoms with Gasteiger partial charge in [-0.3, -0.25) is 10.4 Å². The first-order valence-electron chi connectivity index (χ1n) is 2.66. The first kappa shape index (κ1) is 7.02. The molecule has 0 aliphatic rings. The summed E-state index contributed by atoms with van der Waals surface area (Å²) in [6, 6.07) is 3.25. The molecule has 0 unspecified atom stereocenters.